The van der Waals surface area contributed by atoms with Crippen LogP contribution in [0.4, 0.5) is 0 Å². The molecule has 0 aliphatic heterocycles. The molecule has 0 radical (unpaired) electrons. The van der Waals surface area contributed by atoms with Gasteiger partial charge in [0.15, 0.2) is 0 Å². The second-order valence-electron chi connectivity index (χ2n) is 5.22. The highest BCUT2D eigenvalue weighted by Crippen LogP contribution is 2.29. The van der Waals surface area contributed by atoms with E-state index in [-0.39, 0.29) is 0 Å². The first-order chi connectivity index (χ1) is 9.69. The van der Waals surface area contributed by atoms with E-state index in [0.29, 0.717) is 6.54 Å². The highest BCUT2D eigenvalue weighted by molar-refractivity contribution is 5.85. The van der Waals surface area contributed by atoms with Crippen LogP contribution in [0.25, 0.3) is 22.0 Å². The van der Waals surface area contributed by atoms with Crippen molar-refractivity contribution < 1.29 is 0 Å². The van der Waals surface area contributed by atoms with Crippen molar-refractivity contribution >= 4 is 10.9 Å². The van der Waals surface area contributed by atoms with Crippen molar-refractivity contribution in [1.82, 2.24) is 4.98 Å². The molecular formula is C18H18N2. The molecule has 1 heterocycles. The van der Waals surface area contributed by atoms with E-state index in [9.17, 15) is 0 Å². The van der Waals surface area contributed by atoms with Crippen molar-refractivity contribution in [2.75, 3.05) is 0 Å². The first-order valence-electron chi connectivity index (χ1n) is 6.84. The molecule has 0 spiro atoms. The number of nitrogens with zero attached hydrogens (tertiary/aromatic N) is 1. The minimum Gasteiger partial charge on any atom is -0.326 e. The maximum Gasteiger partial charge on any atom is 0.0708 e. The Bertz CT molecular complexity index is 755. The molecule has 0 saturated heterocycles. The second-order valence-corrected chi connectivity index (χ2v) is 5.22. The molecule has 2 heteroatoms. The zero-order valence-corrected chi connectivity index (χ0v) is 11.9. The van der Waals surface area contributed by atoms with Gasteiger partial charge in [0.2, 0.25) is 0 Å². The summed E-state index contributed by atoms with van der Waals surface area (Å²) >= 11 is 0. The van der Waals surface area contributed by atoms with Gasteiger partial charge >= 0.3 is 0 Å². The maximum absolute atomic E-state index is 5.66. The summed E-state index contributed by atoms with van der Waals surface area (Å²) in [7, 11) is 0. The molecule has 2 nitrogen and oxygen atoms in total. The largest absolute Gasteiger partial charge is 0.326 e. The van der Waals surface area contributed by atoms with Gasteiger partial charge in [-0.05, 0) is 53.8 Å². The standard InChI is InChI=1S/C18H18N2/c1-12-4-3-5-13(2)18(12)16-7-6-15-8-14(10-19)11-20-17(15)9-16/h3-9,11H,10,19H2,1-2H3. The predicted molar refractivity (Wildman–Crippen MR) is 84.5 cm³/mol. The predicted octanol–water partition coefficient (Wildman–Crippen LogP) is 3.98. The number of nitrogens with two attached hydrogens (primary N) is 1. The summed E-state index contributed by atoms with van der Waals surface area (Å²) in [6.07, 6.45) is 1.86. The van der Waals surface area contributed by atoms with E-state index >= 15 is 0 Å². The lowest BCUT2D eigenvalue weighted by Crippen LogP contribution is -1.97. The number of benzene rings is 2. The van der Waals surface area contributed by atoms with Gasteiger partial charge in [0.05, 0.1) is 5.52 Å². The van der Waals surface area contributed by atoms with Gasteiger partial charge in [0, 0.05) is 18.1 Å². The summed E-state index contributed by atoms with van der Waals surface area (Å²) in [4.78, 5) is 4.52. The van der Waals surface area contributed by atoms with Gasteiger partial charge in [-0.15, -0.1) is 0 Å². The van der Waals surface area contributed by atoms with Crippen molar-refractivity contribution in [1.29, 1.82) is 0 Å². The second kappa shape index (κ2) is 5.06. The number of hydrogen-bond acceptors (Lipinski definition) is 2. The van der Waals surface area contributed by atoms with Crippen LogP contribution in [-0.4, -0.2) is 4.98 Å². The van der Waals surface area contributed by atoms with Gasteiger partial charge in [-0.25, -0.2) is 0 Å². The summed E-state index contributed by atoms with van der Waals surface area (Å²) in [5.41, 5.74) is 12.9. The molecule has 0 saturated carbocycles. The third kappa shape index (κ3) is 2.19. The summed E-state index contributed by atoms with van der Waals surface area (Å²) in [5, 5.41) is 1.14. The van der Waals surface area contributed by atoms with Crippen LogP contribution in [0.1, 0.15) is 16.7 Å². The van der Waals surface area contributed by atoms with Crippen molar-refractivity contribution in [3.8, 4) is 11.1 Å². The van der Waals surface area contributed by atoms with Crippen molar-refractivity contribution in [3.63, 3.8) is 0 Å². The fraction of sp³-hybridized carbons (Fsp3) is 0.167. The first kappa shape index (κ1) is 12.8. The van der Waals surface area contributed by atoms with Crippen LogP contribution in [0.3, 0.4) is 0 Å². The maximum atomic E-state index is 5.66. The third-order valence-electron chi connectivity index (χ3n) is 3.75. The molecule has 0 amide bonds. The Morgan fingerprint density at radius 1 is 1.00 bits per heavy atom. The Labute approximate surface area is 119 Å². The van der Waals surface area contributed by atoms with E-state index in [0.717, 1.165) is 16.5 Å². The number of hydrogen-bond donors (Lipinski definition) is 1. The lowest BCUT2D eigenvalue weighted by atomic mass is 9.95. The highest BCUT2D eigenvalue weighted by Gasteiger charge is 2.06. The lowest BCUT2D eigenvalue weighted by Gasteiger charge is -2.11. The van der Waals surface area contributed by atoms with Crippen LogP contribution in [0.15, 0.2) is 48.7 Å². The highest BCUT2D eigenvalue weighted by atomic mass is 14.7. The van der Waals surface area contributed by atoms with E-state index in [2.05, 4.69) is 61.3 Å². The molecule has 0 unspecified atom stereocenters. The van der Waals surface area contributed by atoms with Gasteiger partial charge in [-0.1, -0.05) is 30.3 Å². The summed E-state index contributed by atoms with van der Waals surface area (Å²) in [6, 6.07) is 15.0. The van der Waals surface area contributed by atoms with Crippen LogP contribution < -0.4 is 5.73 Å². The third-order valence-corrected chi connectivity index (χ3v) is 3.75. The molecule has 3 aromatic rings. The van der Waals surface area contributed by atoms with E-state index in [4.69, 9.17) is 5.73 Å². The van der Waals surface area contributed by atoms with E-state index in [1.54, 1.807) is 0 Å². The SMILES string of the molecule is Cc1cccc(C)c1-c1ccc2cc(CN)cnc2c1. The minimum absolute atomic E-state index is 0.529. The van der Waals surface area contributed by atoms with Crippen LogP contribution in [0.2, 0.25) is 0 Å². The van der Waals surface area contributed by atoms with Gasteiger partial charge in [0.1, 0.15) is 0 Å². The summed E-state index contributed by atoms with van der Waals surface area (Å²) in [6.45, 7) is 4.83. The number of pyridine rings is 1. The van der Waals surface area contributed by atoms with E-state index < -0.39 is 0 Å². The Balaban J connectivity index is 2.18. The Kier molecular flexibility index (Phi) is 3.25. The molecule has 100 valence electrons. The Morgan fingerprint density at radius 2 is 1.75 bits per heavy atom. The molecule has 0 aliphatic rings. The van der Waals surface area contributed by atoms with E-state index in [1.807, 2.05) is 6.20 Å². The number of aromatic nitrogens is 1. The van der Waals surface area contributed by atoms with Crippen LogP contribution in [0, 0.1) is 13.8 Å². The van der Waals surface area contributed by atoms with Gasteiger partial charge in [-0.3, -0.25) is 4.98 Å². The molecule has 1 aromatic heterocycles. The van der Waals surface area contributed by atoms with Crippen LogP contribution >= 0.6 is 0 Å². The average molecular weight is 262 g/mol. The normalized spacial score (nSPS) is 10.9. The van der Waals surface area contributed by atoms with Gasteiger partial charge in [-0.2, -0.15) is 0 Å². The minimum atomic E-state index is 0.529. The molecule has 2 aromatic carbocycles. The molecule has 0 aliphatic carbocycles. The Hall–Kier alpha value is -2.19. The number of rotatable bonds is 2. The van der Waals surface area contributed by atoms with Crippen molar-refractivity contribution in [3.05, 3.63) is 65.4 Å². The number of fused-ring (bicyclic) bond motifs is 1. The molecule has 0 bridgehead atoms. The fourth-order valence-electron chi connectivity index (χ4n) is 2.70. The molecule has 0 atom stereocenters. The zero-order chi connectivity index (χ0) is 14.1. The molecular weight excluding hydrogens is 244 g/mol. The smallest absolute Gasteiger partial charge is 0.0708 e. The Morgan fingerprint density at radius 3 is 2.45 bits per heavy atom. The first-order valence-corrected chi connectivity index (χ1v) is 6.84. The quantitative estimate of drug-likeness (QED) is 0.758. The van der Waals surface area contributed by atoms with Crippen molar-refractivity contribution in [2.45, 2.75) is 20.4 Å². The zero-order valence-electron chi connectivity index (χ0n) is 11.9. The van der Waals surface area contributed by atoms with Gasteiger partial charge in [0.25, 0.3) is 0 Å². The lowest BCUT2D eigenvalue weighted by molar-refractivity contribution is 1.06. The van der Waals surface area contributed by atoms with Crippen molar-refractivity contribution in [2.24, 2.45) is 5.73 Å². The molecule has 2 N–H and O–H groups in total. The topological polar surface area (TPSA) is 38.9 Å². The van der Waals surface area contributed by atoms with E-state index in [1.165, 1.54) is 22.3 Å². The number of aryl methyl sites for hydroxylation is 2. The fourth-order valence-corrected chi connectivity index (χ4v) is 2.70. The molecule has 0 fully saturated rings. The summed E-state index contributed by atoms with van der Waals surface area (Å²) in [5.74, 6) is 0. The summed E-state index contributed by atoms with van der Waals surface area (Å²) < 4.78 is 0. The van der Waals surface area contributed by atoms with Gasteiger partial charge < -0.3 is 5.73 Å². The molecule has 3 rings (SSSR count). The average Bonchev–Trinajstić information content (AvgIpc) is 2.46. The molecule has 20 heavy (non-hydrogen) atoms. The monoisotopic (exact) mass is 262 g/mol. The van der Waals surface area contributed by atoms with Crippen LogP contribution in [-0.2, 0) is 6.54 Å². The van der Waals surface area contributed by atoms with Crippen LogP contribution in [0.5, 0.6) is 0 Å².